The van der Waals surface area contributed by atoms with Gasteiger partial charge in [-0.25, -0.2) is 9.97 Å². The first-order valence-corrected chi connectivity index (χ1v) is 6.32. The summed E-state index contributed by atoms with van der Waals surface area (Å²) in [5.74, 6) is 1.12. The summed E-state index contributed by atoms with van der Waals surface area (Å²) in [5.41, 5.74) is 5.06. The lowest BCUT2D eigenvalue weighted by Gasteiger charge is -2.22. The highest BCUT2D eigenvalue weighted by atomic mass is 127. The van der Waals surface area contributed by atoms with E-state index < -0.39 is 0 Å². The van der Waals surface area contributed by atoms with Crippen LogP contribution in [0.2, 0.25) is 0 Å². The van der Waals surface area contributed by atoms with Gasteiger partial charge in [-0.2, -0.15) is 0 Å². The summed E-state index contributed by atoms with van der Waals surface area (Å²) < 4.78 is 0.902. The van der Waals surface area contributed by atoms with Crippen LogP contribution < -0.4 is 10.6 Å². The molecule has 0 bridgehead atoms. The van der Waals surface area contributed by atoms with E-state index in [0.29, 0.717) is 0 Å². The molecule has 0 saturated carbocycles. The zero-order valence-corrected chi connectivity index (χ0v) is 12.6. The second-order valence-electron chi connectivity index (χ2n) is 4.94. The lowest BCUT2D eigenvalue weighted by atomic mass is 9.96. The lowest BCUT2D eigenvalue weighted by molar-refractivity contribution is -0.116. The number of hydrogen-bond donors (Lipinski definition) is 1. The van der Waals surface area contributed by atoms with Crippen molar-refractivity contribution in [1.82, 2.24) is 9.97 Å². The first kappa shape index (κ1) is 14.1. The molecular formula is C11H17IN4O. The zero-order chi connectivity index (χ0) is 13.2. The van der Waals surface area contributed by atoms with Gasteiger partial charge in [-0.05, 0) is 22.6 Å². The maximum absolute atomic E-state index is 10.9. The summed E-state index contributed by atoms with van der Waals surface area (Å²) in [5, 5.41) is 0. The summed E-state index contributed by atoms with van der Waals surface area (Å²) in [4.78, 5) is 21.5. The smallest absolute Gasteiger partial charge is 0.236 e. The van der Waals surface area contributed by atoms with Crippen molar-refractivity contribution < 1.29 is 4.79 Å². The van der Waals surface area contributed by atoms with E-state index in [1.54, 1.807) is 18.1 Å². The number of nitrogens with two attached hydrogens (primary N) is 1. The number of amides is 1. The molecular weight excluding hydrogens is 331 g/mol. The summed E-state index contributed by atoms with van der Waals surface area (Å²) >= 11 is 2.15. The summed E-state index contributed by atoms with van der Waals surface area (Å²) in [7, 11) is 1.79. The predicted molar refractivity (Wildman–Crippen MR) is 75.9 cm³/mol. The van der Waals surface area contributed by atoms with Crippen molar-refractivity contribution in [2.24, 2.45) is 5.73 Å². The number of carbonyl (C=O) groups excluding carboxylic acids is 1. The molecule has 1 heterocycles. The second kappa shape index (κ2) is 5.16. The SMILES string of the molecule is CN(CC(N)=O)c1nc(C(C)(C)C)ncc1I. The zero-order valence-electron chi connectivity index (χ0n) is 10.5. The van der Waals surface area contributed by atoms with Crippen LogP contribution in [-0.4, -0.2) is 29.5 Å². The molecule has 0 aliphatic heterocycles. The molecule has 17 heavy (non-hydrogen) atoms. The van der Waals surface area contributed by atoms with Crippen LogP contribution in [0.25, 0.3) is 0 Å². The number of rotatable bonds is 3. The molecule has 94 valence electrons. The van der Waals surface area contributed by atoms with Gasteiger partial charge >= 0.3 is 0 Å². The number of anilines is 1. The summed E-state index contributed by atoms with van der Waals surface area (Å²) in [6.45, 7) is 6.30. The van der Waals surface area contributed by atoms with E-state index in [9.17, 15) is 4.79 Å². The second-order valence-corrected chi connectivity index (χ2v) is 6.10. The highest BCUT2D eigenvalue weighted by Gasteiger charge is 2.20. The Kier molecular flexibility index (Phi) is 4.29. The molecule has 6 heteroatoms. The van der Waals surface area contributed by atoms with Crippen molar-refractivity contribution in [3.8, 4) is 0 Å². The van der Waals surface area contributed by atoms with E-state index in [1.165, 1.54) is 0 Å². The van der Waals surface area contributed by atoms with Crippen LogP contribution in [0.15, 0.2) is 6.20 Å². The quantitative estimate of drug-likeness (QED) is 0.836. The monoisotopic (exact) mass is 348 g/mol. The Morgan fingerprint density at radius 1 is 1.53 bits per heavy atom. The number of primary amides is 1. The first-order chi connectivity index (χ1) is 7.71. The molecule has 1 aromatic heterocycles. The van der Waals surface area contributed by atoms with Crippen LogP contribution in [-0.2, 0) is 10.2 Å². The molecule has 2 N–H and O–H groups in total. The fourth-order valence-electron chi connectivity index (χ4n) is 1.30. The average Bonchev–Trinajstić information content (AvgIpc) is 2.15. The average molecular weight is 348 g/mol. The molecule has 1 rings (SSSR count). The number of likely N-dealkylation sites (N-methyl/N-ethyl adjacent to an activating group) is 1. The topological polar surface area (TPSA) is 72.1 Å². The first-order valence-electron chi connectivity index (χ1n) is 5.24. The minimum atomic E-state index is -0.376. The standard InChI is InChI=1S/C11H17IN4O/c1-11(2,3)10-14-5-7(12)9(15-10)16(4)6-8(13)17/h5H,6H2,1-4H3,(H2,13,17). The number of aromatic nitrogens is 2. The van der Waals surface area contributed by atoms with Crippen LogP contribution in [0, 0.1) is 3.57 Å². The van der Waals surface area contributed by atoms with E-state index in [1.807, 2.05) is 20.8 Å². The van der Waals surface area contributed by atoms with Gasteiger partial charge < -0.3 is 10.6 Å². The van der Waals surface area contributed by atoms with Gasteiger partial charge in [0.15, 0.2) is 0 Å². The third kappa shape index (κ3) is 3.79. The maximum Gasteiger partial charge on any atom is 0.236 e. The van der Waals surface area contributed by atoms with Crippen LogP contribution in [0.5, 0.6) is 0 Å². The van der Waals surface area contributed by atoms with E-state index in [4.69, 9.17) is 5.73 Å². The molecule has 1 amide bonds. The van der Waals surface area contributed by atoms with Gasteiger partial charge in [-0.3, -0.25) is 4.79 Å². The molecule has 0 fully saturated rings. The molecule has 0 atom stereocenters. The highest BCUT2D eigenvalue weighted by Crippen LogP contribution is 2.23. The Balaban J connectivity index is 3.10. The van der Waals surface area contributed by atoms with Crippen LogP contribution in [0.4, 0.5) is 5.82 Å². The molecule has 1 aromatic rings. The van der Waals surface area contributed by atoms with Crippen LogP contribution in [0.1, 0.15) is 26.6 Å². The largest absolute Gasteiger partial charge is 0.368 e. The number of hydrogen-bond acceptors (Lipinski definition) is 4. The van der Waals surface area contributed by atoms with Gasteiger partial charge in [-0.1, -0.05) is 20.8 Å². The number of halogens is 1. The highest BCUT2D eigenvalue weighted by molar-refractivity contribution is 14.1. The van der Waals surface area contributed by atoms with Gasteiger partial charge in [0.25, 0.3) is 0 Å². The van der Waals surface area contributed by atoms with Crippen LogP contribution in [0.3, 0.4) is 0 Å². The van der Waals surface area contributed by atoms with Crippen LogP contribution >= 0.6 is 22.6 Å². The third-order valence-corrected chi connectivity index (χ3v) is 2.91. The summed E-state index contributed by atoms with van der Waals surface area (Å²) in [6.07, 6.45) is 1.76. The van der Waals surface area contributed by atoms with E-state index in [2.05, 4.69) is 32.6 Å². The van der Waals surface area contributed by atoms with Crippen molar-refractivity contribution in [2.75, 3.05) is 18.5 Å². The molecule has 0 aliphatic carbocycles. The van der Waals surface area contributed by atoms with Crippen molar-refractivity contribution in [1.29, 1.82) is 0 Å². The Bertz CT molecular complexity index is 428. The molecule has 0 unspecified atom stereocenters. The Labute approximate surface area is 115 Å². The minimum Gasteiger partial charge on any atom is -0.368 e. The predicted octanol–water partition coefficient (Wildman–Crippen LogP) is 1.30. The molecule has 5 nitrogen and oxygen atoms in total. The van der Waals surface area contributed by atoms with Crippen molar-refractivity contribution in [3.63, 3.8) is 0 Å². The third-order valence-electron chi connectivity index (χ3n) is 2.15. The Hall–Kier alpha value is -0.920. The fourth-order valence-corrected chi connectivity index (χ4v) is 1.97. The van der Waals surface area contributed by atoms with E-state index in [0.717, 1.165) is 15.2 Å². The van der Waals surface area contributed by atoms with Gasteiger partial charge in [0.05, 0.1) is 10.1 Å². The molecule has 0 aromatic carbocycles. The van der Waals surface area contributed by atoms with Gasteiger partial charge in [0.1, 0.15) is 11.6 Å². The lowest BCUT2D eigenvalue weighted by Crippen LogP contribution is -2.32. The van der Waals surface area contributed by atoms with Gasteiger partial charge in [0.2, 0.25) is 5.91 Å². The number of carbonyl (C=O) groups is 1. The van der Waals surface area contributed by atoms with E-state index in [-0.39, 0.29) is 17.9 Å². The van der Waals surface area contributed by atoms with Crippen molar-refractivity contribution in [2.45, 2.75) is 26.2 Å². The van der Waals surface area contributed by atoms with Crippen molar-refractivity contribution in [3.05, 3.63) is 15.6 Å². The normalized spacial score (nSPS) is 11.4. The Morgan fingerprint density at radius 3 is 2.59 bits per heavy atom. The molecule has 0 radical (unpaired) electrons. The minimum absolute atomic E-state index is 0.118. The Morgan fingerprint density at radius 2 is 2.12 bits per heavy atom. The number of nitrogens with zero attached hydrogens (tertiary/aromatic N) is 3. The maximum atomic E-state index is 10.9. The molecule has 0 saturated heterocycles. The van der Waals surface area contributed by atoms with Gasteiger partial charge in [0, 0.05) is 18.7 Å². The van der Waals surface area contributed by atoms with E-state index >= 15 is 0 Å². The van der Waals surface area contributed by atoms with Crippen molar-refractivity contribution >= 4 is 34.3 Å². The summed E-state index contributed by atoms with van der Waals surface area (Å²) in [6, 6.07) is 0. The fraction of sp³-hybridized carbons (Fsp3) is 0.545. The van der Waals surface area contributed by atoms with Gasteiger partial charge in [-0.15, -0.1) is 0 Å². The molecule has 0 spiro atoms. The molecule has 0 aliphatic rings.